The molecule has 1 nitrogen and oxygen atoms in total. The van der Waals surface area contributed by atoms with Gasteiger partial charge in [-0.15, -0.1) is 9.24 Å². The van der Waals surface area contributed by atoms with E-state index < -0.39 is 0 Å². The van der Waals surface area contributed by atoms with E-state index in [4.69, 9.17) is 4.74 Å². The summed E-state index contributed by atoms with van der Waals surface area (Å²) in [6, 6.07) is 4.16. The summed E-state index contributed by atoms with van der Waals surface area (Å²) in [5.41, 5.74) is 2.70. The Bertz CT molecular complexity index is 294. The van der Waals surface area contributed by atoms with Gasteiger partial charge < -0.3 is 4.74 Å². The summed E-state index contributed by atoms with van der Waals surface area (Å²) < 4.78 is 5.42. The summed E-state index contributed by atoms with van der Waals surface area (Å²) in [4.78, 5) is 0. The molecule has 0 aliphatic carbocycles. The molecular formula is C9H11OP. The van der Waals surface area contributed by atoms with Crippen molar-refractivity contribution in [2.24, 2.45) is 0 Å². The number of ether oxygens (including phenoxy) is 1. The van der Waals surface area contributed by atoms with E-state index in [1.807, 2.05) is 0 Å². The Kier molecular flexibility index (Phi) is 1.61. The van der Waals surface area contributed by atoms with Crippen molar-refractivity contribution < 1.29 is 4.74 Å². The van der Waals surface area contributed by atoms with Crippen LogP contribution in [0.2, 0.25) is 0 Å². The van der Waals surface area contributed by atoms with E-state index in [-0.39, 0.29) is 0 Å². The van der Waals surface area contributed by atoms with Crippen molar-refractivity contribution in [3.63, 3.8) is 0 Å². The van der Waals surface area contributed by atoms with Crippen LogP contribution >= 0.6 is 9.24 Å². The van der Waals surface area contributed by atoms with Crippen LogP contribution in [0.15, 0.2) is 12.1 Å². The van der Waals surface area contributed by atoms with E-state index in [9.17, 15) is 0 Å². The minimum Gasteiger partial charge on any atom is -0.493 e. The van der Waals surface area contributed by atoms with E-state index in [1.165, 1.54) is 16.4 Å². The van der Waals surface area contributed by atoms with Crippen LogP contribution in [0.1, 0.15) is 11.1 Å². The molecule has 1 atom stereocenters. The molecule has 1 heterocycles. The van der Waals surface area contributed by atoms with Crippen LogP contribution in [0.25, 0.3) is 0 Å². The maximum Gasteiger partial charge on any atom is 0.123 e. The molecule has 0 bridgehead atoms. The van der Waals surface area contributed by atoms with Gasteiger partial charge in [-0.25, -0.2) is 0 Å². The zero-order valence-corrected chi connectivity index (χ0v) is 7.71. The first kappa shape index (κ1) is 7.12. The molecule has 0 saturated carbocycles. The molecule has 58 valence electrons. The Labute approximate surface area is 69.0 Å². The third kappa shape index (κ3) is 1.04. The molecule has 1 aromatic carbocycles. The fraction of sp³-hybridized carbons (Fsp3) is 0.333. The van der Waals surface area contributed by atoms with Crippen LogP contribution in [0.4, 0.5) is 0 Å². The van der Waals surface area contributed by atoms with E-state index in [1.54, 1.807) is 0 Å². The molecule has 2 rings (SSSR count). The predicted molar refractivity (Wildman–Crippen MR) is 49.7 cm³/mol. The Morgan fingerprint density at radius 1 is 1.45 bits per heavy atom. The van der Waals surface area contributed by atoms with E-state index in [0.717, 1.165) is 18.8 Å². The summed E-state index contributed by atoms with van der Waals surface area (Å²) in [7, 11) is 2.78. The summed E-state index contributed by atoms with van der Waals surface area (Å²) in [6.45, 7) is 2.97. The molecule has 1 aliphatic rings. The standard InChI is InChI=1S/C9H11OP/c1-6-2-3-8-7(9(6)11)4-5-10-8/h2-3H,4-5,11H2,1H3. The summed E-state index contributed by atoms with van der Waals surface area (Å²) >= 11 is 0. The lowest BCUT2D eigenvalue weighted by Crippen LogP contribution is -2.02. The van der Waals surface area contributed by atoms with Gasteiger partial charge in [0, 0.05) is 12.0 Å². The fourth-order valence-electron chi connectivity index (χ4n) is 1.42. The largest absolute Gasteiger partial charge is 0.493 e. The maximum absolute atomic E-state index is 5.42. The van der Waals surface area contributed by atoms with Crippen molar-refractivity contribution in [1.29, 1.82) is 0 Å². The zero-order valence-electron chi connectivity index (χ0n) is 6.55. The second-order valence-electron chi connectivity index (χ2n) is 2.87. The third-order valence-electron chi connectivity index (χ3n) is 2.14. The predicted octanol–water partition coefficient (Wildman–Crippen LogP) is 1.43. The van der Waals surface area contributed by atoms with Crippen LogP contribution in [0.3, 0.4) is 0 Å². The second kappa shape index (κ2) is 2.49. The van der Waals surface area contributed by atoms with E-state index in [2.05, 4.69) is 28.3 Å². The van der Waals surface area contributed by atoms with Gasteiger partial charge in [0.25, 0.3) is 0 Å². The van der Waals surface area contributed by atoms with Gasteiger partial charge in [-0.2, -0.15) is 0 Å². The number of hydrogen-bond acceptors (Lipinski definition) is 1. The van der Waals surface area contributed by atoms with E-state index in [0.29, 0.717) is 0 Å². The highest BCUT2D eigenvalue weighted by Gasteiger charge is 2.14. The fourth-order valence-corrected chi connectivity index (χ4v) is 1.80. The quantitative estimate of drug-likeness (QED) is 0.530. The maximum atomic E-state index is 5.42. The minimum atomic E-state index is 0.847. The van der Waals surface area contributed by atoms with Crippen molar-refractivity contribution >= 4 is 14.5 Å². The molecule has 1 aliphatic heterocycles. The number of rotatable bonds is 0. The van der Waals surface area contributed by atoms with Gasteiger partial charge in [0.15, 0.2) is 0 Å². The van der Waals surface area contributed by atoms with Crippen LogP contribution in [-0.2, 0) is 6.42 Å². The Balaban J connectivity index is 2.62. The highest BCUT2D eigenvalue weighted by Crippen LogP contribution is 2.25. The van der Waals surface area contributed by atoms with Crippen LogP contribution in [0, 0.1) is 6.92 Å². The molecule has 0 amide bonds. The molecule has 1 unspecified atom stereocenters. The number of hydrogen-bond donors (Lipinski definition) is 0. The SMILES string of the molecule is Cc1ccc2c(c1P)CCO2. The number of benzene rings is 1. The zero-order chi connectivity index (χ0) is 7.84. The van der Waals surface area contributed by atoms with Gasteiger partial charge in [-0.3, -0.25) is 0 Å². The van der Waals surface area contributed by atoms with Gasteiger partial charge in [-0.05, 0) is 23.9 Å². The van der Waals surface area contributed by atoms with Gasteiger partial charge >= 0.3 is 0 Å². The highest BCUT2D eigenvalue weighted by molar-refractivity contribution is 7.27. The summed E-state index contributed by atoms with van der Waals surface area (Å²) in [6.07, 6.45) is 1.07. The van der Waals surface area contributed by atoms with Gasteiger partial charge in [0.2, 0.25) is 0 Å². The lowest BCUT2D eigenvalue weighted by molar-refractivity contribution is 0.357. The third-order valence-corrected chi connectivity index (χ3v) is 2.95. The lowest BCUT2D eigenvalue weighted by atomic mass is 10.1. The first-order valence-electron chi connectivity index (χ1n) is 3.80. The minimum absolute atomic E-state index is 0.847. The van der Waals surface area contributed by atoms with Crippen molar-refractivity contribution in [2.45, 2.75) is 13.3 Å². The topological polar surface area (TPSA) is 9.23 Å². The second-order valence-corrected chi connectivity index (χ2v) is 3.45. The van der Waals surface area contributed by atoms with Crippen molar-refractivity contribution in [3.05, 3.63) is 23.3 Å². The monoisotopic (exact) mass is 166 g/mol. The summed E-state index contributed by atoms with van der Waals surface area (Å²) in [5.74, 6) is 1.07. The van der Waals surface area contributed by atoms with Crippen molar-refractivity contribution in [2.75, 3.05) is 6.61 Å². The first-order chi connectivity index (χ1) is 5.29. The van der Waals surface area contributed by atoms with Gasteiger partial charge in [0.05, 0.1) is 6.61 Å². The molecule has 0 saturated heterocycles. The normalized spacial score (nSPS) is 14.4. The van der Waals surface area contributed by atoms with Crippen molar-refractivity contribution in [1.82, 2.24) is 0 Å². The molecule has 0 spiro atoms. The lowest BCUT2D eigenvalue weighted by Gasteiger charge is -2.04. The average molecular weight is 166 g/mol. The van der Waals surface area contributed by atoms with Crippen LogP contribution < -0.4 is 10.0 Å². The first-order valence-corrected chi connectivity index (χ1v) is 4.37. The van der Waals surface area contributed by atoms with Gasteiger partial charge in [0.1, 0.15) is 5.75 Å². The number of aryl methyl sites for hydroxylation is 1. The average Bonchev–Trinajstić information content (AvgIpc) is 2.45. The van der Waals surface area contributed by atoms with Gasteiger partial charge in [-0.1, -0.05) is 6.07 Å². The molecule has 0 N–H and O–H groups in total. The molecule has 0 aromatic heterocycles. The van der Waals surface area contributed by atoms with Crippen molar-refractivity contribution in [3.8, 4) is 5.75 Å². The summed E-state index contributed by atoms with van der Waals surface area (Å²) in [5, 5.41) is 1.32. The molecule has 0 radical (unpaired) electrons. The van der Waals surface area contributed by atoms with Crippen LogP contribution in [0.5, 0.6) is 5.75 Å². The Morgan fingerprint density at radius 2 is 2.27 bits per heavy atom. The Hall–Kier alpha value is -0.550. The number of fused-ring (bicyclic) bond motifs is 1. The molecule has 0 fully saturated rings. The molecule has 1 aromatic rings. The Morgan fingerprint density at radius 3 is 3.09 bits per heavy atom. The molecule has 2 heteroatoms. The molecular weight excluding hydrogens is 155 g/mol. The van der Waals surface area contributed by atoms with E-state index >= 15 is 0 Å². The smallest absolute Gasteiger partial charge is 0.123 e. The van der Waals surface area contributed by atoms with Crippen LogP contribution in [-0.4, -0.2) is 6.61 Å². The highest BCUT2D eigenvalue weighted by atomic mass is 31.0. The molecule has 11 heavy (non-hydrogen) atoms.